The Kier molecular flexibility index (Phi) is 3.12. The van der Waals surface area contributed by atoms with Gasteiger partial charge in [0.25, 0.3) is 0 Å². The van der Waals surface area contributed by atoms with E-state index in [1.54, 1.807) is 0 Å². The van der Waals surface area contributed by atoms with Gasteiger partial charge in [0.2, 0.25) is 0 Å². The molecule has 0 amide bonds. The van der Waals surface area contributed by atoms with E-state index < -0.39 is 29.0 Å². The van der Waals surface area contributed by atoms with E-state index in [2.05, 4.69) is 4.98 Å². The highest BCUT2D eigenvalue weighted by Crippen LogP contribution is 2.26. The minimum atomic E-state index is -1.45. The van der Waals surface area contributed by atoms with Crippen molar-refractivity contribution >= 4 is 0 Å². The van der Waals surface area contributed by atoms with Gasteiger partial charge < -0.3 is 4.57 Å². The van der Waals surface area contributed by atoms with Crippen LogP contribution in [0.2, 0.25) is 0 Å². The van der Waals surface area contributed by atoms with Gasteiger partial charge in [-0.2, -0.15) is 0 Å². The molecule has 6 heteroatoms. The standard InChI is InChI=1S/C13H12F4N2/c1-13(2,3)9-5-19(6-18-9)12-10(16)7(14)4-8(15)11(12)17/h4-6H,1-3H3. The number of hydrogen-bond donors (Lipinski definition) is 0. The van der Waals surface area contributed by atoms with Gasteiger partial charge >= 0.3 is 0 Å². The molecule has 0 aliphatic heterocycles. The molecule has 0 aliphatic carbocycles. The second-order valence-corrected chi connectivity index (χ2v) is 5.23. The van der Waals surface area contributed by atoms with Crippen molar-refractivity contribution in [1.82, 2.24) is 9.55 Å². The Balaban J connectivity index is 2.63. The Bertz CT molecular complexity index is 600. The van der Waals surface area contributed by atoms with Crippen molar-refractivity contribution in [3.63, 3.8) is 0 Å². The van der Waals surface area contributed by atoms with Crippen LogP contribution in [0.4, 0.5) is 17.6 Å². The summed E-state index contributed by atoms with van der Waals surface area (Å²) in [7, 11) is 0. The molecule has 0 N–H and O–H groups in total. The Morgan fingerprint density at radius 2 is 1.53 bits per heavy atom. The highest BCUT2D eigenvalue weighted by atomic mass is 19.2. The number of nitrogens with zero attached hydrogens (tertiary/aromatic N) is 2. The predicted molar refractivity (Wildman–Crippen MR) is 62.1 cm³/mol. The van der Waals surface area contributed by atoms with E-state index in [1.807, 2.05) is 20.8 Å². The topological polar surface area (TPSA) is 17.8 Å². The maximum Gasteiger partial charge on any atom is 0.186 e. The lowest BCUT2D eigenvalue weighted by atomic mass is 9.93. The number of imidazole rings is 1. The first-order valence-electron chi connectivity index (χ1n) is 5.59. The van der Waals surface area contributed by atoms with Gasteiger partial charge in [-0.3, -0.25) is 0 Å². The SMILES string of the molecule is CC(C)(C)c1cn(-c2c(F)c(F)cc(F)c2F)cn1. The largest absolute Gasteiger partial charge is 0.300 e. The molecule has 0 saturated carbocycles. The smallest absolute Gasteiger partial charge is 0.186 e. The lowest BCUT2D eigenvalue weighted by Crippen LogP contribution is -2.11. The van der Waals surface area contributed by atoms with Crippen LogP contribution in [-0.2, 0) is 5.41 Å². The molecule has 2 aromatic rings. The van der Waals surface area contributed by atoms with Crippen molar-refractivity contribution in [3.05, 3.63) is 47.6 Å². The number of rotatable bonds is 1. The fourth-order valence-electron chi connectivity index (χ4n) is 1.62. The average Bonchev–Trinajstić information content (AvgIpc) is 2.76. The third-order valence-corrected chi connectivity index (χ3v) is 2.70. The zero-order valence-corrected chi connectivity index (χ0v) is 10.6. The maximum absolute atomic E-state index is 13.6. The summed E-state index contributed by atoms with van der Waals surface area (Å²) in [5, 5.41) is 0. The summed E-state index contributed by atoms with van der Waals surface area (Å²) in [6.07, 6.45) is 2.47. The van der Waals surface area contributed by atoms with E-state index in [1.165, 1.54) is 6.20 Å². The second-order valence-electron chi connectivity index (χ2n) is 5.23. The first kappa shape index (κ1) is 13.6. The van der Waals surface area contributed by atoms with Crippen LogP contribution in [0.3, 0.4) is 0 Å². The molecule has 0 bridgehead atoms. The van der Waals surface area contributed by atoms with Crippen molar-refractivity contribution < 1.29 is 17.6 Å². The Morgan fingerprint density at radius 1 is 1.00 bits per heavy atom. The Hall–Kier alpha value is -1.85. The van der Waals surface area contributed by atoms with E-state index in [0.29, 0.717) is 5.69 Å². The summed E-state index contributed by atoms with van der Waals surface area (Å²) in [4.78, 5) is 3.99. The van der Waals surface area contributed by atoms with Crippen LogP contribution in [-0.4, -0.2) is 9.55 Å². The molecule has 2 rings (SSSR count). The molecule has 0 spiro atoms. The molecule has 0 aliphatic rings. The number of benzene rings is 1. The molecule has 0 radical (unpaired) electrons. The van der Waals surface area contributed by atoms with Crippen molar-refractivity contribution in [2.24, 2.45) is 0 Å². The summed E-state index contributed by atoms with van der Waals surface area (Å²) in [5.74, 6) is -5.78. The quantitative estimate of drug-likeness (QED) is 0.571. The minimum Gasteiger partial charge on any atom is -0.300 e. The summed E-state index contributed by atoms with van der Waals surface area (Å²) < 4.78 is 54.4. The molecule has 102 valence electrons. The fourth-order valence-corrected chi connectivity index (χ4v) is 1.62. The predicted octanol–water partition coefficient (Wildman–Crippen LogP) is 3.73. The molecule has 1 aromatic carbocycles. The second kappa shape index (κ2) is 4.36. The van der Waals surface area contributed by atoms with Crippen molar-refractivity contribution in [3.8, 4) is 5.69 Å². The molecule has 19 heavy (non-hydrogen) atoms. The van der Waals surface area contributed by atoms with E-state index >= 15 is 0 Å². The van der Waals surface area contributed by atoms with Crippen LogP contribution >= 0.6 is 0 Å². The number of hydrogen-bond acceptors (Lipinski definition) is 1. The third-order valence-electron chi connectivity index (χ3n) is 2.70. The van der Waals surface area contributed by atoms with Gasteiger partial charge in [-0.1, -0.05) is 20.8 Å². The molecular formula is C13H12F4N2. The van der Waals surface area contributed by atoms with Crippen LogP contribution in [0.25, 0.3) is 5.69 Å². The Labute approximate surface area is 107 Å². The van der Waals surface area contributed by atoms with Crippen LogP contribution in [0, 0.1) is 23.3 Å². The zero-order valence-electron chi connectivity index (χ0n) is 10.6. The average molecular weight is 272 g/mol. The normalized spacial score (nSPS) is 11.9. The monoisotopic (exact) mass is 272 g/mol. The molecule has 0 saturated heterocycles. The van der Waals surface area contributed by atoms with E-state index in [-0.39, 0.29) is 11.5 Å². The van der Waals surface area contributed by atoms with E-state index in [4.69, 9.17) is 0 Å². The highest BCUT2D eigenvalue weighted by Gasteiger charge is 2.23. The fraction of sp³-hybridized carbons (Fsp3) is 0.308. The van der Waals surface area contributed by atoms with Gasteiger partial charge in [0.1, 0.15) is 5.69 Å². The van der Waals surface area contributed by atoms with Crippen LogP contribution in [0.15, 0.2) is 18.6 Å². The van der Waals surface area contributed by atoms with Gasteiger partial charge in [0, 0.05) is 17.7 Å². The number of halogens is 4. The van der Waals surface area contributed by atoms with Gasteiger partial charge in [0.05, 0.1) is 12.0 Å². The summed E-state index contributed by atoms with van der Waals surface area (Å²) >= 11 is 0. The van der Waals surface area contributed by atoms with Crippen LogP contribution in [0.1, 0.15) is 26.5 Å². The lowest BCUT2D eigenvalue weighted by Gasteiger charge is -2.14. The molecule has 0 atom stereocenters. The maximum atomic E-state index is 13.6. The molecule has 1 heterocycles. The van der Waals surface area contributed by atoms with Crippen molar-refractivity contribution in [1.29, 1.82) is 0 Å². The molecular weight excluding hydrogens is 260 g/mol. The van der Waals surface area contributed by atoms with Gasteiger partial charge in [-0.15, -0.1) is 0 Å². The van der Waals surface area contributed by atoms with Gasteiger partial charge in [-0.05, 0) is 0 Å². The first-order chi connectivity index (χ1) is 8.71. The van der Waals surface area contributed by atoms with Crippen molar-refractivity contribution in [2.75, 3.05) is 0 Å². The molecule has 1 aromatic heterocycles. The summed E-state index contributed by atoms with van der Waals surface area (Å²) in [5.41, 5.74) is -0.596. The summed E-state index contributed by atoms with van der Waals surface area (Å²) in [6.45, 7) is 5.58. The van der Waals surface area contributed by atoms with Crippen LogP contribution in [0.5, 0.6) is 0 Å². The summed E-state index contributed by atoms with van der Waals surface area (Å²) in [6, 6.07) is 0.176. The van der Waals surface area contributed by atoms with Gasteiger partial charge in [0.15, 0.2) is 23.3 Å². The molecule has 2 nitrogen and oxygen atoms in total. The lowest BCUT2D eigenvalue weighted by molar-refractivity contribution is 0.447. The minimum absolute atomic E-state index is 0.176. The van der Waals surface area contributed by atoms with Crippen LogP contribution < -0.4 is 0 Å². The molecule has 0 fully saturated rings. The Morgan fingerprint density at radius 3 is 1.95 bits per heavy atom. The zero-order chi connectivity index (χ0) is 14.4. The van der Waals surface area contributed by atoms with Crippen molar-refractivity contribution in [2.45, 2.75) is 26.2 Å². The molecule has 0 unspecified atom stereocenters. The number of aromatic nitrogens is 2. The van der Waals surface area contributed by atoms with E-state index in [0.717, 1.165) is 10.9 Å². The third kappa shape index (κ3) is 2.34. The highest BCUT2D eigenvalue weighted by molar-refractivity contribution is 5.37. The van der Waals surface area contributed by atoms with E-state index in [9.17, 15) is 17.6 Å². The first-order valence-corrected chi connectivity index (χ1v) is 5.59. The van der Waals surface area contributed by atoms with Gasteiger partial charge in [-0.25, -0.2) is 22.5 Å².